The minimum Gasteiger partial charge on any atom is -0.349 e. The Balaban J connectivity index is 1.30. The first-order chi connectivity index (χ1) is 14.6. The van der Waals surface area contributed by atoms with Gasteiger partial charge in [-0.3, -0.25) is 9.59 Å². The highest BCUT2D eigenvalue weighted by atomic mass is 16.2. The predicted molar refractivity (Wildman–Crippen MR) is 119 cm³/mol. The van der Waals surface area contributed by atoms with E-state index in [0.29, 0.717) is 24.2 Å². The van der Waals surface area contributed by atoms with Gasteiger partial charge in [-0.2, -0.15) is 0 Å². The SMILES string of the molecule is CCCC(=O)N1CC2CN(CCC(NC(=O)C3CCCC3)c3ccccc3)C[C@H]2C1. The Hall–Kier alpha value is -1.88. The largest absolute Gasteiger partial charge is 0.349 e. The van der Waals surface area contributed by atoms with Gasteiger partial charge >= 0.3 is 0 Å². The number of hydrogen-bond acceptors (Lipinski definition) is 3. The molecule has 2 heterocycles. The quantitative estimate of drug-likeness (QED) is 0.711. The van der Waals surface area contributed by atoms with Crippen LogP contribution in [0.1, 0.15) is 63.5 Å². The number of nitrogens with one attached hydrogen (secondary N) is 1. The van der Waals surface area contributed by atoms with Gasteiger partial charge in [-0.05, 0) is 43.1 Å². The second-order valence-electron chi connectivity index (χ2n) is 9.57. The fraction of sp³-hybridized carbons (Fsp3) is 0.680. The number of fused-ring (bicyclic) bond motifs is 1. The van der Waals surface area contributed by atoms with E-state index in [0.717, 1.165) is 58.4 Å². The number of benzene rings is 1. The predicted octanol–water partition coefficient (Wildman–Crippen LogP) is 3.61. The van der Waals surface area contributed by atoms with Gasteiger partial charge in [-0.15, -0.1) is 0 Å². The van der Waals surface area contributed by atoms with Crippen LogP contribution in [0.25, 0.3) is 0 Å². The van der Waals surface area contributed by atoms with Crippen LogP contribution in [0, 0.1) is 17.8 Å². The van der Waals surface area contributed by atoms with Crippen LogP contribution in [-0.4, -0.2) is 54.3 Å². The van der Waals surface area contributed by atoms with Crippen molar-refractivity contribution < 1.29 is 9.59 Å². The minimum atomic E-state index is 0.0855. The standard InChI is InChI=1S/C25H37N3O2/c1-2-8-24(29)28-17-21-15-27(16-22(21)18-28)14-13-23(19-9-4-3-5-10-19)26-25(30)20-11-6-7-12-20/h3-5,9-10,20-23H,2,6-8,11-18H2,1H3,(H,26,30)/t21-,22?,23?/m0/s1. The first kappa shape index (κ1) is 21.4. The lowest BCUT2D eigenvalue weighted by Crippen LogP contribution is -2.36. The fourth-order valence-electron chi connectivity index (χ4n) is 5.65. The zero-order valence-electron chi connectivity index (χ0n) is 18.4. The lowest BCUT2D eigenvalue weighted by atomic mass is 10.0. The minimum absolute atomic E-state index is 0.0855. The van der Waals surface area contributed by atoms with Crippen LogP contribution in [0.4, 0.5) is 0 Å². The third-order valence-electron chi connectivity index (χ3n) is 7.36. The van der Waals surface area contributed by atoms with Crippen LogP contribution >= 0.6 is 0 Å². The van der Waals surface area contributed by atoms with Crippen LogP contribution < -0.4 is 5.32 Å². The molecular weight excluding hydrogens is 374 g/mol. The first-order valence-electron chi connectivity index (χ1n) is 12.0. The van der Waals surface area contributed by atoms with Gasteiger partial charge in [0.15, 0.2) is 0 Å². The third kappa shape index (κ3) is 5.05. The van der Waals surface area contributed by atoms with Crippen molar-refractivity contribution in [1.82, 2.24) is 15.1 Å². The highest BCUT2D eigenvalue weighted by Gasteiger charge is 2.41. The summed E-state index contributed by atoms with van der Waals surface area (Å²) in [5.74, 6) is 2.01. The molecular formula is C25H37N3O2. The average molecular weight is 412 g/mol. The molecule has 0 aromatic heterocycles. The molecule has 1 aromatic rings. The summed E-state index contributed by atoms with van der Waals surface area (Å²) in [5, 5.41) is 3.37. The van der Waals surface area contributed by atoms with Gasteiger partial charge in [0.25, 0.3) is 0 Å². The van der Waals surface area contributed by atoms with Gasteiger partial charge in [0.05, 0.1) is 6.04 Å². The smallest absolute Gasteiger partial charge is 0.223 e. The molecule has 2 amide bonds. The van der Waals surface area contributed by atoms with Crippen LogP contribution in [0.5, 0.6) is 0 Å². The molecule has 4 rings (SSSR count). The summed E-state index contributed by atoms with van der Waals surface area (Å²) in [5.41, 5.74) is 1.21. The molecule has 1 N–H and O–H groups in total. The summed E-state index contributed by atoms with van der Waals surface area (Å²) in [6.07, 6.45) is 7.00. The van der Waals surface area contributed by atoms with Crippen LogP contribution in [0.3, 0.4) is 0 Å². The molecule has 3 atom stereocenters. The number of amides is 2. The molecule has 164 valence electrons. The van der Waals surface area contributed by atoms with Gasteiger partial charge < -0.3 is 15.1 Å². The van der Waals surface area contributed by atoms with E-state index in [9.17, 15) is 9.59 Å². The number of rotatable bonds is 8. The lowest BCUT2D eigenvalue weighted by molar-refractivity contribution is -0.130. The summed E-state index contributed by atoms with van der Waals surface area (Å²) in [4.78, 5) is 29.6. The molecule has 3 aliphatic rings. The van der Waals surface area contributed by atoms with Gasteiger partial charge in [-0.1, -0.05) is 50.1 Å². The number of hydrogen-bond donors (Lipinski definition) is 1. The monoisotopic (exact) mass is 411 g/mol. The van der Waals surface area contributed by atoms with E-state index >= 15 is 0 Å². The number of likely N-dealkylation sites (tertiary alicyclic amines) is 2. The van der Waals surface area contributed by atoms with Crippen molar-refractivity contribution >= 4 is 11.8 Å². The van der Waals surface area contributed by atoms with Crippen LogP contribution in [-0.2, 0) is 9.59 Å². The van der Waals surface area contributed by atoms with Crippen LogP contribution in [0.2, 0.25) is 0 Å². The maximum absolute atomic E-state index is 12.8. The Morgan fingerprint density at radius 2 is 1.70 bits per heavy atom. The van der Waals surface area contributed by atoms with E-state index in [1.807, 2.05) is 6.07 Å². The Labute approximate surface area is 181 Å². The fourth-order valence-corrected chi connectivity index (χ4v) is 5.65. The Morgan fingerprint density at radius 1 is 1.03 bits per heavy atom. The number of carbonyl (C=O) groups excluding carboxylic acids is 2. The molecule has 3 fully saturated rings. The maximum atomic E-state index is 12.8. The molecule has 30 heavy (non-hydrogen) atoms. The Morgan fingerprint density at radius 3 is 2.33 bits per heavy atom. The maximum Gasteiger partial charge on any atom is 0.223 e. The van der Waals surface area contributed by atoms with Crippen molar-refractivity contribution in [2.75, 3.05) is 32.7 Å². The summed E-state index contributed by atoms with van der Waals surface area (Å²) < 4.78 is 0. The summed E-state index contributed by atoms with van der Waals surface area (Å²) in [7, 11) is 0. The average Bonchev–Trinajstić information content (AvgIpc) is 3.48. The van der Waals surface area contributed by atoms with Gasteiger partial charge in [0.2, 0.25) is 11.8 Å². The molecule has 1 saturated carbocycles. The van der Waals surface area contributed by atoms with Crippen molar-refractivity contribution in [3.05, 3.63) is 35.9 Å². The van der Waals surface area contributed by atoms with Crippen molar-refractivity contribution in [3.8, 4) is 0 Å². The van der Waals surface area contributed by atoms with Crippen molar-refractivity contribution in [2.45, 2.75) is 57.9 Å². The number of nitrogens with zero attached hydrogens (tertiary/aromatic N) is 2. The van der Waals surface area contributed by atoms with Crippen molar-refractivity contribution in [2.24, 2.45) is 17.8 Å². The molecule has 0 radical (unpaired) electrons. The summed E-state index contributed by atoms with van der Waals surface area (Å²) in [6.45, 7) is 7.10. The van der Waals surface area contributed by atoms with E-state index in [4.69, 9.17) is 0 Å². The highest BCUT2D eigenvalue weighted by molar-refractivity contribution is 5.79. The molecule has 1 aromatic carbocycles. The Bertz CT molecular complexity index is 702. The second kappa shape index (κ2) is 9.95. The molecule has 0 spiro atoms. The molecule has 2 unspecified atom stereocenters. The van der Waals surface area contributed by atoms with Gasteiger partial charge in [-0.25, -0.2) is 0 Å². The van der Waals surface area contributed by atoms with E-state index in [1.54, 1.807) is 0 Å². The lowest BCUT2D eigenvalue weighted by Gasteiger charge is -2.25. The summed E-state index contributed by atoms with van der Waals surface area (Å²) in [6, 6.07) is 10.5. The van der Waals surface area contributed by atoms with E-state index in [1.165, 1.54) is 18.4 Å². The first-order valence-corrected chi connectivity index (χ1v) is 12.0. The van der Waals surface area contributed by atoms with Crippen molar-refractivity contribution in [3.63, 3.8) is 0 Å². The van der Waals surface area contributed by atoms with Gasteiger partial charge in [0, 0.05) is 45.1 Å². The zero-order chi connectivity index (χ0) is 20.9. The molecule has 5 nitrogen and oxygen atoms in total. The topological polar surface area (TPSA) is 52.7 Å². The second-order valence-corrected chi connectivity index (χ2v) is 9.57. The summed E-state index contributed by atoms with van der Waals surface area (Å²) >= 11 is 0. The van der Waals surface area contributed by atoms with Crippen LogP contribution in [0.15, 0.2) is 30.3 Å². The molecule has 2 saturated heterocycles. The van der Waals surface area contributed by atoms with E-state index in [-0.39, 0.29) is 17.9 Å². The Kier molecular flexibility index (Phi) is 7.08. The zero-order valence-corrected chi connectivity index (χ0v) is 18.4. The highest BCUT2D eigenvalue weighted by Crippen LogP contribution is 2.32. The third-order valence-corrected chi connectivity index (χ3v) is 7.36. The van der Waals surface area contributed by atoms with Gasteiger partial charge in [0.1, 0.15) is 0 Å². The molecule has 1 aliphatic carbocycles. The van der Waals surface area contributed by atoms with E-state index < -0.39 is 0 Å². The number of carbonyl (C=O) groups is 2. The van der Waals surface area contributed by atoms with E-state index in [2.05, 4.69) is 46.3 Å². The molecule has 2 aliphatic heterocycles. The van der Waals surface area contributed by atoms with Crippen molar-refractivity contribution in [1.29, 1.82) is 0 Å². The molecule has 5 heteroatoms. The molecule has 0 bridgehead atoms. The normalized spacial score (nSPS) is 25.4.